The van der Waals surface area contributed by atoms with Crippen molar-refractivity contribution in [2.75, 3.05) is 13.1 Å². The molecule has 15 heavy (non-hydrogen) atoms. The van der Waals surface area contributed by atoms with Crippen molar-refractivity contribution in [2.45, 2.75) is 18.2 Å². The minimum Gasteiger partial charge on any atom is -0.387 e. The molecule has 0 radical (unpaired) electrons. The molecular formula is C8H10F3N3O. The molecule has 1 fully saturated rings. The van der Waals surface area contributed by atoms with E-state index in [0.29, 0.717) is 18.8 Å². The second-order valence-electron chi connectivity index (χ2n) is 3.78. The van der Waals surface area contributed by atoms with Crippen molar-refractivity contribution >= 4 is 0 Å². The highest BCUT2D eigenvalue weighted by atomic mass is 19.4. The number of hydrogen-bond donors (Lipinski definition) is 3. The molecule has 0 amide bonds. The summed E-state index contributed by atoms with van der Waals surface area (Å²) in [6.07, 6.45) is -4.28. The number of rotatable bonds is 2. The Morgan fingerprint density at radius 1 is 1.47 bits per heavy atom. The zero-order chi connectivity index (χ0) is 11.1. The Labute approximate surface area is 83.5 Å². The van der Waals surface area contributed by atoms with Gasteiger partial charge in [0.1, 0.15) is 0 Å². The molecule has 1 aliphatic heterocycles. The fourth-order valence-corrected chi connectivity index (χ4v) is 1.49. The maximum Gasteiger partial charge on any atom is 0.435 e. The molecular weight excluding hydrogens is 211 g/mol. The molecule has 0 aliphatic carbocycles. The first kappa shape index (κ1) is 10.4. The highest BCUT2D eigenvalue weighted by Gasteiger charge is 2.37. The van der Waals surface area contributed by atoms with E-state index < -0.39 is 17.5 Å². The van der Waals surface area contributed by atoms with Gasteiger partial charge in [0.15, 0.2) is 5.69 Å². The van der Waals surface area contributed by atoms with E-state index in [1.165, 1.54) is 0 Å². The van der Waals surface area contributed by atoms with Crippen LogP contribution in [0.2, 0.25) is 0 Å². The molecule has 0 saturated carbocycles. The topological polar surface area (TPSA) is 60.9 Å². The summed E-state index contributed by atoms with van der Waals surface area (Å²) in [4.78, 5) is 0. The van der Waals surface area contributed by atoms with Gasteiger partial charge in [-0.2, -0.15) is 18.3 Å². The maximum atomic E-state index is 12.2. The second-order valence-corrected chi connectivity index (χ2v) is 3.78. The van der Waals surface area contributed by atoms with Gasteiger partial charge in [0.25, 0.3) is 0 Å². The number of hydrogen-bond acceptors (Lipinski definition) is 3. The monoisotopic (exact) mass is 221 g/mol. The van der Waals surface area contributed by atoms with Crippen molar-refractivity contribution in [3.8, 4) is 0 Å². The Hall–Kier alpha value is -1.08. The van der Waals surface area contributed by atoms with Crippen molar-refractivity contribution in [3.05, 3.63) is 17.5 Å². The van der Waals surface area contributed by atoms with Gasteiger partial charge in [0.2, 0.25) is 0 Å². The molecule has 0 spiro atoms. The Morgan fingerprint density at radius 3 is 2.53 bits per heavy atom. The molecule has 4 nitrogen and oxygen atoms in total. The lowest BCUT2D eigenvalue weighted by atomic mass is 9.91. The van der Waals surface area contributed by atoms with Crippen LogP contribution in [0.15, 0.2) is 6.07 Å². The normalized spacial score (nSPS) is 20.0. The molecule has 2 rings (SSSR count). The molecule has 2 heterocycles. The summed E-state index contributed by atoms with van der Waals surface area (Å²) in [6, 6.07) is 0.927. The second kappa shape index (κ2) is 3.21. The Morgan fingerprint density at radius 2 is 2.13 bits per heavy atom. The molecule has 1 aliphatic rings. The van der Waals surface area contributed by atoms with Crippen molar-refractivity contribution in [3.63, 3.8) is 0 Å². The van der Waals surface area contributed by atoms with Gasteiger partial charge in [-0.3, -0.25) is 5.10 Å². The Balaban J connectivity index is 2.07. The third-order valence-corrected chi connectivity index (χ3v) is 2.35. The molecule has 0 unspecified atom stereocenters. The quantitative estimate of drug-likeness (QED) is 0.673. The summed E-state index contributed by atoms with van der Waals surface area (Å²) in [5.41, 5.74) is -1.59. The highest BCUT2D eigenvalue weighted by molar-refractivity contribution is 5.15. The highest BCUT2D eigenvalue weighted by Crippen LogP contribution is 2.28. The number of nitrogens with zero attached hydrogens (tertiary/aromatic N) is 1. The molecule has 1 saturated heterocycles. The molecule has 0 bridgehead atoms. The largest absolute Gasteiger partial charge is 0.435 e. The number of aliphatic hydroxyl groups is 1. The standard InChI is InChI=1S/C8H10F3N3O/c9-8(10,11)6-1-5(13-14-6)2-7(15)3-12-4-7/h1,12,15H,2-4H2,(H,13,14). The first-order chi connectivity index (χ1) is 6.89. The number of nitrogens with one attached hydrogen (secondary N) is 2. The van der Waals surface area contributed by atoms with Crippen LogP contribution in [0.1, 0.15) is 11.4 Å². The summed E-state index contributed by atoms with van der Waals surface area (Å²) in [6.45, 7) is 0.792. The Kier molecular flexibility index (Phi) is 2.23. The van der Waals surface area contributed by atoms with Crippen LogP contribution in [-0.2, 0) is 12.6 Å². The predicted octanol–water partition coefficient (Wildman–Crippen LogP) is 0.305. The van der Waals surface area contributed by atoms with Gasteiger partial charge < -0.3 is 10.4 Å². The lowest BCUT2D eigenvalue weighted by Gasteiger charge is -2.37. The molecule has 0 atom stereocenters. The lowest BCUT2D eigenvalue weighted by Crippen LogP contribution is -2.60. The van der Waals surface area contributed by atoms with E-state index in [4.69, 9.17) is 0 Å². The van der Waals surface area contributed by atoms with Crippen molar-refractivity contribution < 1.29 is 18.3 Å². The summed E-state index contributed by atoms with van der Waals surface area (Å²) in [5.74, 6) is 0. The SMILES string of the molecule is OC1(Cc2cc(C(F)(F)F)n[nH]2)CNC1. The van der Waals surface area contributed by atoms with Gasteiger partial charge in [-0.05, 0) is 6.07 Å². The van der Waals surface area contributed by atoms with E-state index in [1.807, 2.05) is 0 Å². The number of β-amino-alcohol motifs (C(OH)–C–C–N with tert-alkyl or cyclic N) is 1. The van der Waals surface area contributed by atoms with Gasteiger partial charge in [0, 0.05) is 25.2 Å². The first-order valence-electron chi connectivity index (χ1n) is 4.44. The minimum absolute atomic E-state index is 0.156. The van der Waals surface area contributed by atoms with Crippen LogP contribution in [0.3, 0.4) is 0 Å². The number of H-pyrrole nitrogens is 1. The number of aromatic nitrogens is 2. The zero-order valence-corrected chi connectivity index (χ0v) is 7.73. The van der Waals surface area contributed by atoms with Crippen LogP contribution < -0.4 is 5.32 Å². The molecule has 84 valence electrons. The average molecular weight is 221 g/mol. The summed E-state index contributed by atoms with van der Waals surface area (Å²) in [5, 5.41) is 18.0. The fourth-order valence-electron chi connectivity index (χ4n) is 1.49. The van der Waals surface area contributed by atoms with Crippen LogP contribution in [0.25, 0.3) is 0 Å². The number of halogens is 3. The van der Waals surface area contributed by atoms with Crippen LogP contribution >= 0.6 is 0 Å². The van der Waals surface area contributed by atoms with E-state index >= 15 is 0 Å². The minimum atomic E-state index is -4.44. The van der Waals surface area contributed by atoms with Crippen LogP contribution in [0, 0.1) is 0 Å². The third-order valence-electron chi connectivity index (χ3n) is 2.35. The van der Waals surface area contributed by atoms with Gasteiger partial charge in [-0.15, -0.1) is 0 Å². The van der Waals surface area contributed by atoms with Gasteiger partial charge in [0.05, 0.1) is 5.60 Å². The number of alkyl halides is 3. The zero-order valence-electron chi connectivity index (χ0n) is 7.73. The van der Waals surface area contributed by atoms with Gasteiger partial charge in [-0.25, -0.2) is 0 Å². The van der Waals surface area contributed by atoms with E-state index in [0.717, 1.165) is 6.07 Å². The third kappa shape index (κ3) is 2.13. The molecule has 0 aromatic carbocycles. The molecule has 7 heteroatoms. The van der Waals surface area contributed by atoms with E-state index in [9.17, 15) is 18.3 Å². The van der Waals surface area contributed by atoms with E-state index in [1.54, 1.807) is 0 Å². The van der Waals surface area contributed by atoms with Crippen LogP contribution in [0.4, 0.5) is 13.2 Å². The van der Waals surface area contributed by atoms with Gasteiger partial charge in [-0.1, -0.05) is 0 Å². The first-order valence-corrected chi connectivity index (χ1v) is 4.44. The van der Waals surface area contributed by atoms with Crippen molar-refractivity contribution in [1.82, 2.24) is 15.5 Å². The van der Waals surface area contributed by atoms with Crippen LogP contribution in [-0.4, -0.2) is 34.0 Å². The van der Waals surface area contributed by atoms with Crippen molar-refractivity contribution in [1.29, 1.82) is 0 Å². The molecule has 1 aromatic rings. The maximum absolute atomic E-state index is 12.2. The Bertz CT molecular complexity index is 356. The number of aromatic amines is 1. The molecule has 1 aromatic heterocycles. The average Bonchev–Trinajstić information content (AvgIpc) is 2.49. The summed E-state index contributed by atoms with van der Waals surface area (Å²) in [7, 11) is 0. The van der Waals surface area contributed by atoms with E-state index in [2.05, 4.69) is 15.5 Å². The summed E-state index contributed by atoms with van der Waals surface area (Å²) >= 11 is 0. The smallest absolute Gasteiger partial charge is 0.387 e. The molecule has 3 N–H and O–H groups in total. The van der Waals surface area contributed by atoms with Crippen molar-refractivity contribution in [2.24, 2.45) is 0 Å². The van der Waals surface area contributed by atoms with E-state index in [-0.39, 0.29) is 6.42 Å². The summed E-state index contributed by atoms with van der Waals surface area (Å²) < 4.78 is 36.5. The fraction of sp³-hybridized carbons (Fsp3) is 0.625. The van der Waals surface area contributed by atoms with Crippen LogP contribution in [0.5, 0.6) is 0 Å². The lowest BCUT2D eigenvalue weighted by molar-refractivity contribution is -0.141. The van der Waals surface area contributed by atoms with Gasteiger partial charge >= 0.3 is 6.18 Å². The predicted molar refractivity (Wildman–Crippen MR) is 45.1 cm³/mol.